The second-order valence-corrected chi connectivity index (χ2v) is 6.81. The van der Waals surface area contributed by atoms with Crippen molar-refractivity contribution in [3.8, 4) is 0 Å². The van der Waals surface area contributed by atoms with E-state index in [1.807, 2.05) is 0 Å². The van der Waals surface area contributed by atoms with Crippen LogP contribution in [0.2, 0.25) is 0 Å². The van der Waals surface area contributed by atoms with E-state index in [4.69, 9.17) is 20.6 Å². The highest BCUT2D eigenvalue weighted by Crippen LogP contribution is 2.16. The van der Waals surface area contributed by atoms with Crippen LogP contribution in [0.15, 0.2) is 71.5 Å². The zero-order chi connectivity index (χ0) is 19.0. The lowest BCUT2D eigenvalue weighted by Crippen LogP contribution is -2.02. The first kappa shape index (κ1) is 21.6. The monoisotopic (exact) mass is 374 g/mol. The SMILES string of the molecule is C=C.Nc1ccccc1S(=O)(=O)O.Nc1ccccc1S(=O)(=O)O. The Morgan fingerprint density at radius 2 is 0.917 bits per heavy atom. The summed E-state index contributed by atoms with van der Waals surface area (Å²) in [5.74, 6) is 0. The number of anilines is 2. The molecule has 0 heterocycles. The van der Waals surface area contributed by atoms with Crippen molar-refractivity contribution in [2.45, 2.75) is 9.79 Å². The molecule has 10 heteroatoms. The van der Waals surface area contributed by atoms with Crippen LogP contribution < -0.4 is 11.5 Å². The van der Waals surface area contributed by atoms with Gasteiger partial charge in [-0.2, -0.15) is 16.8 Å². The number of benzene rings is 2. The topological polar surface area (TPSA) is 161 Å². The molecule has 0 aliphatic carbocycles. The third kappa shape index (κ3) is 6.79. The van der Waals surface area contributed by atoms with E-state index in [0.717, 1.165) is 0 Å². The molecule has 0 saturated heterocycles. The van der Waals surface area contributed by atoms with Crippen molar-refractivity contribution in [1.29, 1.82) is 0 Å². The quantitative estimate of drug-likeness (QED) is 0.352. The Morgan fingerprint density at radius 1 is 0.667 bits per heavy atom. The molecule has 2 aromatic carbocycles. The van der Waals surface area contributed by atoms with Crippen LogP contribution in [0.25, 0.3) is 0 Å². The summed E-state index contributed by atoms with van der Waals surface area (Å²) in [6.45, 7) is 6.00. The van der Waals surface area contributed by atoms with E-state index in [-0.39, 0.29) is 21.2 Å². The molecule has 132 valence electrons. The van der Waals surface area contributed by atoms with Gasteiger partial charge in [0.15, 0.2) is 0 Å². The third-order valence-corrected chi connectivity index (χ3v) is 4.25. The Morgan fingerprint density at radius 3 is 1.08 bits per heavy atom. The van der Waals surface area contributed by atoms with Gasteiger partial charge in [-0.05, 0) is 24.3 Å². The molecule has 0 unspecified atom stereocenters. The second-order valence-electron chi connectivity index (χ2n) is 4.03. The fraction of sp³-hybridized carbons (Fsp3) is 0. The zero-order valence-corrected chi connectivity index (χ0v) is 14.2. The highest BCUT2D eigenvalue weighted by Gasteiger charge is 2.12. The van der Waals surface area contributed by atoms with Crippen LogP contribution in [0.3, 0.4) is 0 Å². The number of nitrogens with two attached hydrogens (primary N) is 2. The molecular weight excluding hydrogens is 356 g/mol. The molecule has 6 N–H and O–H groups in total. The van der Waals surface area contributed by atoms with Crippen molar-refractivity contribution in [2.24, 2.45) is 0 Å². The first-order chi connectivity index (χ1) is 11.0. The van der Waals surface area contributed by atoms with Gasteiger partial charge in [0, 0.05) is 0 Å². The summed E-state index contributed by atoms with van der Waals surface area (Å²) in [7, 11) is -8.32. The van der Waals surface area contributed by atoms with Gasteiger partial charge in [0.05, 0.1) is 11.4 Å². The first-order valence-electron chi connectivity index (χ1n) is 6.17. The molecule has 0 radical (unpaired) electrons. The lowest BCUT2D eigenvalue weighted by Gasteiger charge is -1.98. The molecule has 24 heavy (non-hydrogen) atoms. The molecule has 0 aromatic heterocycles. The van der Waals surface area contributed by atoms with Crippen LogP contribution >= 0.6 is 0 Å². The van der Waals surface area contributed by atoms with Gasteiger partial charge < -0.3 is 11.5 Å². The smallest absolute Gasteiger partial charge is 0.296 e. The van der Waals surface area contributed by atoms with E-state index in [1.165, 1.54) is 36.4 Å². The minimum Gasteiger partial charge on any atom is -0.398 e. The van der Waals surface area contributed by atoms with Gasteiger partial charge in [0.1, 0.15) is 9.79 Å². The summed E-state index contributed by atoms with van der Waals surface area (Å²) < 4.78 is 59.2. The molecule has 0 atom stereocenters. The Kier molecular flexibility index (Phi) is 8.13. The van der Waals surface area contributed by atoms with Crippen molar-refractivity contribution in [2.75, 3.05) is 11.5 Å². The van der Waals surface area contributed by atoms with Crippen LogP contribution in [0, 0.1) is 0 Å². The van der Waals surface area contributed by atoms with Gasteiger partial charge in [0.25, 0.3) is 20.2 Å². The lowest BCUT2D eigenvalue weighted by atomic mass is 10.3. The molecule has 0 aliphatic rings. The minimum atomic E-state index is -4.16. The second kappa shape index (κ2) is 9.03. The van der Waals surface area contributed by atoms with Crippen LogP contribution in [0.1, 0.15) is 0 Å². The largest absolute Gasteiger partial charge is 0.398 e. The summed E-state index contributed by atoms with van der Waals surface area (Å²) in [6, 6.07) is 11.4. The van der Waals surface area contributed by atoms with Gasteiger partial charge >= 0.3 is 0 Å². The van der Waals surface area contributed by atoms with Crippen LogP contribution in [-0.2, 0) is 20.2 Å². The summed E-state index contributed by atoms with van der Waals surface area (Å²) in [5.41, 5.74) is 10.6. The van der Waals surface area contributed by atoms with Crippen molar-refractivity contribution < 1.29 is 25.9 Å². The highest BCUT2D eigenvalue weighted by molar-refractivity contribution is 7.86. The summed E-state index contributed by atoms with van der Waals surface area (Å²) in [5, 5.41) is 0. The van der Waals surface area contributed by atoms with Crippen molar-refractivity contribution in [1.82, 2.24) is 0 Å². The molecule has 2 rings (SSSR count). The van der Waals surface area contributed by atoms with Crippen molar-refractivity contribution in [3.63, 3.8) is 0 Å². The fourth-order valence-electron chi connectivity index (χ4n) is 1.43. The number of rotatable bonds is 2. The number of nitrogen functional groups attached to an aromatic ring is 2. The Hall–Kier alpha value is -2.40. The minimum absolute atomic E-state index is 0.0509. The maximum Gasteiger partial charge on any atom is 0.296 e. The summed E-state index contributed by atoms with van der Waals surface area (Å²) >= 11 is 0. The van der Waals surface area contributed by atoms with Gasteiger partial charge in [-0.25, -0.2) is 0 Å². The number of hydrogen-bond acceptors (Lipinski definition) is 6. The van der Waals surface area contributed by atoms with E-state index in [1.54, 1.807) is 12.1 Å². The van der Waals surface area contributed by atoms with Gasteiger partial charge in [0.2, 0.25) is 0 Å². The molecule has 8 nitrogen and oxygen atoms in total. The van der Waals surface area contributed by atoms with E-state index < -0.39 is 20.2 Å². The highest BCUT2D eigenvalue weighted by atomic mass is 32.2. The Bertz CT molecular complexity index is 806. The predicted molar refractivity (Wildman–Crippen MR) is 92.6 cm³/mol. The molecule has 0 fully saturated rings. The molecule has 0 amide bonds. The zero-order valence-electron chi connectivity index (χ0n) is 12.5. The molecule has 0 aliphatic heterocycles. The summed E-state index contributed by atoms with van der Waals surface area (Å²) in [6.07, 6.45) is 0. The first-order valence-corrected chi connectivity index (χ1v) is 9.05. The molecule has 2 aromatic rings. The average molecular weight is 374 g/mol. The molecule has 0 saturated carbocycles. The Balaban J connectivity index is 0.000000400. The standard InChI is InChI=1S/2C6H7NO3S.C2H4/c2*7-5-3-1-2-4-6(5)11(8,9)10;1-2/h2*1-4H,7H2,(H,8,9,10);1-2H2. The maximum absolute atomic E-state index is 10.5. The normalized spacial score (nSPS) is 10.6. The van der Waals surface area contributed by atoms with E-state index in [0.29, 0.717) is 0 Å². The van der Waals surface area contributed by atoms with Gasteiger partial charge in [-0.15, -0.1) is 13.2 Å². The van der Waals surface area contributed by atoms with Crippen molar-refractivity contribution in [3.05, 3.63) is 61.7 Å². The average Bonchev–Trinajstić information content (AvgIpc) is 2.48. The summed E-state index contributed by atoms with van der Waals surface area (Å²) in [4.78, 5) is -0.500. The van der Waals surface area contributed by atoms with Crippen LogP contribution in [0.4, 0.5) is 11.4 Å². The molecular formula is C14H18N2O6S2. The number of para-hydroxylation sites is 2. The van der Waals surface area contributed by atoms with E-state index >= 15 is 0 Å². The van der Waals surface area contributed by atoms with Gasteiger partial charge in [-0.3, -0.25) is 9.11 Å². The predicted octanol–water partition coefficient (Wildman–Crippen LogP) is 1.83. The third-order valence-electron chi connectivity index (χ3n) is 2.39. The van der Waals surface area contributed by atoms with Crippen molar-refractivity contribution >= 4 is 31.6 Å². The number of hydrogen-bond donors (Lipinski definition) is 4. The van der Waals surface area contributed by atoms with Crippen LogP contribution in [0.5, 0.6) is 0 Å². The van der Waals surface area contributed by atoms with E-state index in [2.05, 4.69) is 13.2 Å². The van der Waals surface area contributed by atoms with Crippen LogP contribution in [-0.4, -0.2) is 25.9 Å². The molecule has 0 spiro atoms. The fourth-order valence-corrected chi connectivity index (χ4v) is 2.66. The molecule has 0 bridgehead atoms. The lowest BCUT2D eigenvalue weighted by molar-refractivity contribution is 0.481. The van der Waals surface area contributed by atoms with Gasteiger partial charge in [-0.1, -0.05) is 24.3 Å². The Labute approximate surface area is 140 Å². The maximum atomic E-state index is 10.5. The van der Waals surface area contributed by atoms with E-state index in [9.17, 15) is 16.8 Å².